The lowest BCUT2D eigenvalue weighted by Crippen LogP contribution is -2.06. The first-order valence-electron chi connectivity index (χ1n) is 4.60. The largest absolute Gasteiger partial charge is 0.383 e. The Bertz CT molecular complexity index is 513. The molecule has 3 rings (SSSR count). The minimum atomic E-state index is 0.711. The summed E-state index contributed by atoms with van der Waals surface area (Å²) in [5.41, 5.74) is 9.92. The minimum absolute atomic E-state index is 0.711. The third-order valence-electron chi connectivity index (χ3n) is 2.54. The van der Waals surface area contributed by atoms with Gasteiger partial charge >= 0.3 is 0 Å². The van der Waals surface area contributed by atoms with Crippen molar-refractivity contribution in [2.45, 2.75) is 20.0 Å². The Labute approximate surface area is 80.9 Å². The van der Waals surface area contributed by atoms with Crippen LogP contribution >= 0.6 is 0 Å². The first-order valence-corrected chi connectivity index (χ1v) is 4.60. The van der Waals surface area contributed by atoms with Gasteiger partial charge in [0.15, 0.2) is 5.65 Å². The van der Waals surface area contributed by atoms with Gasteiger partial charge in [0.05, 0.1) is 11.4 Å². The molecule has 72 valence electrons. The van der Waals surface area contributed by atoms with Crippen molar-refractivity contribution in [2.24, 2.45) is 0 Å². The van der Waals surface area contributed by atoms with Gasteiger partial charge < -0.3 is 11.1 Å². The van der Waals surface area contributed by atoms with E-state index in [4.69, 9.17) is 5.73 Å². The second kappa shape index (κ2) is 2.45. The Kier molecular flexibility index (Phi) is 1.36. The van der Waals surface area contributed by atoms with Crippen LogP contribution in [0, 0.1) is 6.92 Å². The summed E-state index contributed by atoms with van der Waals surface area (Å²) in [5.74, 6) is 0.711. The highest BCUT2D eigenvalue weighted by atomic mass is 15.3. The lowest BCUT2D eigenvalue weighted by molar-refractivity contribution is 0.758. The van der Waals surface area contributed by atoms with Crippen molar-refractivity contribution in [3.8, 4) is 0 Å². The fourth-order valence-electron chi connectivity index (χ4n) is 1.87. The molecule has 0 amide bonds. The average molecular weight is 189 g/mol. The summed E-state index contributed by atoms with van der Waals surface area (Å²) in [6.07, 6.45) is 0. The average Bonchev–Trinajstić information content (AvgIpc) is 2.71. The van der Waals surface area contributed by atoms with Gasteiger partial charge in [-0.1, -0.05) is 0 Å². The summed E-state index contributed by atoms with van der Waals surface area (Å²) in [4.78, 5) is 4.50. The summed E-state index contributed by atoms with van der Waals surface area (Å²) in [6, 6.07) is 1.94. The van der Waals surface area contributed by atoms with E-state index in [0.717, 1.165) is 35.7 Å². The molecular formula is C9H11N5. The number of nitrogen functional groups attached to an aromatic ring is 1. The van der Waals surface area contributed by atoms with Crippen LogP contribution in [0.2, 0.25) is 0 Å². The maximum atomic E-state index is 6.00. The number of hydrogen-bond acceptors (Lipinski definition) is 4. The van der Waals surface area contributed by atoms with Crippen molar-refractivity contribution in [3.63, 3.8) is 0 Å². The van der Waals surface area contributed by atoms with Gasteiger partial charge in [-0.3, -0.25) is 0 Å². The molecule has 3 N–H and O–H groups in total. The van der Waals surface area contributed by atoms with Gasteiger partial charge in [-0.05, 0) is 6.92 Å². The number of aromatic nitrogens is 3. The zero-order valence-electron chi connectivity index (χ0n) is 7.91. The van der Waals surface area contributed by atoms with E-state index in [1.54, 1.807) is 4.52 Å². The van der Waals surface area contributed by atoms with Crippen molar-refractivity contribution in [1.82, 2.24) is 19.9 Å². The van der Waals surface area contributed by atoms with Crippen LogP contribution < -0.4 is 11.1 Å². The molecule has 0 unspecified atom stereocenters. The number of anilines is 1. The Hall–Kier alpha value is -1.62. The number of nitrogens with two attached hydrogens (primary N) is 1. The van der Waals surface area contributed by atoms with Gasteiger partial charge in [0.1, 0.15) is 5.82 Å². The van der Waals surface area contributed by atoms with Crippen molar-refractivity contribution in [2.75, 3.05) is 5.73 Å². The monoisotopic (exact) mass is 189 g/mol. The van der Waals surface area contributed by atoms with Gasteiger partial charge in [-0.15, -0.1) is 0 Å². The molecule has 0 saturated heterocycles. The molecule has 0 aliphatic carbocycles. The number of hydrogen-bond donors (Lipinski definition) is 2. The Morgan fingerprint density at radius 3 is 3.21 bits per heavy atom. The zero-order valence-corrected chi connectivity index (χ0v) is 7.91. The van der Waals surface area contributed by atoms with Crippen molar-refractivity contribution in [3.05, 3.63) is 23.0 Å². The van der Waals surface area contributed by atoms with Crippen LogP contribution in [0.25, 0.3) is 5.65 Å². The van der Waals surface area contributed by atoms with E-state index in [1.807, 2.05) is 13.0 Å². The summed E-state index contributed by atoms with van der Waals surface area (Å²) >= 11 is 0. The molecule has 5 heteroatoms. The van der Waals surface area contributed by atoms with E-state index in [9.17, 15) is 0 Å². The number of aryl methyl sites for hydroxylation is 1. The maximum Gasteiger partial charge on any atom is 0.157 e. The van der Waals surface area contributed by atoms with Crippen LogP contribution in [-0.4, -0.2) is 14.6 Å². The molecule has 0 radical (unpaired) electrons. The van der Waals surface area contributed by atoms with E-state index < -0.39 is 0 Å². The normalized spacial score (nSPS) is 14.9. The van der Waals surface area contributed by atoms with Gasteiger partial charge in [-0.25, -0.2) is 4.98 Å². The standard InChI is InChI=1S/C9H11N5/c1-5-2-8-12-7-4-11-3-6(7)9(10)14(8)13-5/h2,11H,3-4,10H2,1H3. The lowest BCUT2D eigenvalue weighted by Gasteiger charge is -2.04. The Morgan fingerprint density at radius 2 is 2.36 bits per heavy atom. The summed E-state index contributed by atoms with van der Waals surface area (Å²) in [6.45, 7) is 3.54. The van der Waals surface area contributed by atoms with Gasteiger partial charge in [0.2, 0.25) is 0 Å². The van der Waals surface area contributed by atoms with Gasteiger partial charge in [0.25, 0.3) is 0 Å². The summed E-state index contributed by atoms with van der Waals surface area (Å²) in [5, 5.41) is 7.52. The molecule has 1 aliphatic heterocycles. The maximum absolute atomic E-state index is 6.00. The highest BCUT2D eigenvalue weighted by molar-refractivity contribution is 5.54. The number of nitrogens with one attached hydrogen (secondary N) is 1. The minimum Gasteiger partial charge on any atom is -0.383 e. The number of rotatable bonds is 0. The van der Waals surface area contributed by atoms with Crippen LogP contribution in [-0.2, 0) is 13.1 Å². The first kappa shape index (κ1) is 7.75. The quantitative estimate of drug-likeness (QED) is 0.622. The molecule has 0 bridgehead atoms. The second-order valence-corrected chi connectivity index (χ2v) is 3.58. The molecular weight excluding hydrogens is 178 g/mol. The SMILES string of the molecule is Cc1cc2nc3c(c(N)n2n1)CNC3. The Balaban J connectivity index is 2.42. The van der Waals surface area contributed by atoms with Crippen molar-refractivity contribution in [1.29, 1.82) is 0 Å². The molecule has 2 aromatic rings. The topological polar surface area (TPSA) is 68.2 Å². The molecule has 3 heterocycles. The molecule has 0 fully saturated rings. The summed E-state index contributed by atoms with van der Waals surface area (Å²) in [7, 11) is 0. The first-order chi connectivity index (χ1) is 6.75. The van der Waals surface area contributed by atoms with E-state index in [2.05, 4.69) is 15.4 Å². The molecule has 5 nitrogen and oxygen atoms in total. The lowest BCUT2D eigenvalue weighted by atomic mass is 10.2. The van der Waals surface area contributed by atoms with Crippen molar-refractivity contribution >= 4 is 11.5 Å². The van der Waals surface area contributed by atoms with Crippen LogP contribution in [0.3, 0.4) is 0 Å². The highest BCUT2D eigenvalue weighted by Gasteiger charge is 2.18. The van der Waals surface area contributed by atoms with Crippen molar-refractivity contribution < 1.29 is 0 Å². The fourth-order valence-corrected chi connectivity index (χ4v) is 1.87. The number of fused-ring (bicyclic) bond motifs is 2. The van der Waals surface area contributed by atoms with E-state index in [-0.39, 0.29) is 0 Å². The van der Waals surface area contributed by atoms with Gasteiger partial charge in [-0.2, -0.15) is 9.61 Å². The molecule has 1 aliphatic rings. The zero-order chi connectivity index (χ0) is 9.71. The third kappa shape index (κ3) is 0.871. The molecule has 2 aromatic heterocycles. The van der Waals surface area contributed by atoms with Crippen LogP contribution in [0.15, 0.2) is 6.07 Å². The molecule has 14 heavy (non-hydrogen) atoms. The third-order valence-corrected chi connectivity index (χ3v) is 2.54. The molecule has 0 spiro atoms. The van der Waals surface area contributed by atoms with E-state index in [0.29, 0.717) is 5.82 Å². The predicted octanol–water partition coefficient (Wildman–Crippen LogP) is 0.223. The number of nitrogens with zero attached hydrogens (tertiary/aromatic N) is 3. The predicted molar refractivity (Wildman–Crippen MR) is 52.7 cm³/mol. The molecule has 0 aromatic carbocycles. The van der Waals surface area contributed by atoms with E-state index in [1.165, 1.54) is 0 Å². The van der Waals surface area contributed by atoms with Crippen LogP contribution in [0.5, 0.6) is 0 Å². The van der Waals surface area contributed by atoms with E-state index >= 15 is 0 Å². The smallest absolute Gasteiger partial charge is 0.157 e. The second-order valence-electron chi connectivity index (χ2n) is 3.58. The summed E-state index contributed by atoms with van der Waals surface area (Å²) < 4.78 is 1.71. The van der Waals surface area contributed by atoms with Gasteiger partial charge in [0, 0.05) is 24.7 Å². The van der Waals surface area contributed by atoms with Crippen LogP contribution in [0.1, 0.15) is 17.0 Å². The molecule has 0 atom stereocenters. The highest BCUT2D eigenvalue weighted by Crippen LogP contribution is 2.21. The molecule has 0 saturated carbocycles. The fraction of sp³-hybridized carbons (Fsp3) is 0.333. The Morgan fingerprint density at radius 1 is 1.50 bits per heavy atom. The van der Waals surface area contributed by atoms with Crippen LogP contribution in [0.4, 0.5) is 5.82 Å².